The van der Waals surface area contributed by atoms with Crippen molar-refractivity contribution in [1.29, 1.82) is 0 Å². The van der Waals surface area contributed by atoms with Crippen LogP contribution in [0.5, 0.6) is 5.75 Å². The fourth-order valence-electron chi connectivity index (χ4n) is 5.13. The molecule has 1 aliphatic heterocycles. The zero-order valence-corrected chi connectivity index (χ0v) is 19.0. The number of nitrogens with zero attached hydrogens (tertiary/aromatic N) is 1. The summed E-state index contributed by atoms with van der Waals surface area (Å²) in [6, 6.07) is 22.3. The molecular weight excluding hydrogens is 437 g/mol. The number of aromatic amines is 1. The van der Waals surface area contributed by atoms with Crippen LogP contribution in [0.2, 0.25) is 0 Å². The van der Waals surface area contributed by atoms with E-state index in [1.165, 1.54) is 23.1 Å². The number of piperidine rings is 1. The minimum absolute atomic E-state index is 0.0742. The number of alkyl halides is 3. The molecule has 1 fully saturated rings. The maximum absolute atomic E-state index is 13.5. The molecule has 6 heteroatoms. The number of para-hydroxylation sites is 1. The second-order valence-corrected chi connectivity index (χ2v) is 8.89. The monoisotopic (exact) mass is 464 g/mol. The summed E-state index contributed by atoms with van der Waals surface area (Å²) in [5.74, 6) is 0.723. The molecule has 4 aromatic rings. The van der Waals surface area contributed by atoms with Gasteiger partial charge in [0.15, 0.2) is 0 Å². The van der Waals surface area contributed by atoms with Crippen molar-refractivity contribution in [2.75, 3.05) is 20.2 Å². The number of fused-ring (bicyclic) bond motifs is 1. The van der Waals surface area contributed by atoms with Crippen molar-refractivity contribution >= 4 is 10.9 Å². The lowest BCUT2D eigenvalue weighted by atomic mass is 9.86. The summed E-state index contributed by atoms with van der Waals surface area (Å²) in [5.41, 5.74) is 4.33. The third kappa shape index (κ3) is 4.42. The van der Waals surface area contributed by atoms with Crippen LogP contribution in [0.1, 0.15) is 35.4 Å². The van der Waals surface area contributed by atoms with Gasteiger partial charge < -0.3 is 9.72 Å². The summed E-state index contributed by atoms with van der Waals surface area (Å²) >= 11 is 0. The molecule has 0 unspecified atom stereocenters. The molecule has 0 amide bonds. The Kier molecular flexibility index (Phi) is 6.09. The number of methoxy groups -OCH3 is 1. The zero-order chi connectivity index (χ0) is 23.7. The maximum Gasteiger partial charge on any atom is 0.416 e. The van der Waals surface area contributed by atoms with Crippen molar-refractivity contribution in [3.63, 3.8) is 0 Å². The lowest BCUT2D eigenvalue weighted by Crippen LogP contribution is -2.33. The Morgan fingerprint density at radius 2 is 1.68 bits per heavy atom. The first-order chi connectivity index (χ1) is 16.4. The van der Waals surface area contributed by atoms with Crippen LogP contribution in [0.15, 0.2) is 72.8 Å². The lowest BCUT2D eigenvalue weighted by Gasteiger charge is -2.33. The number of benzene rings is 3. The fourth-order valence-corrected chi connectivity index (χ4v) is 5.13. The van der Waals surface area contributed by atoms with E-state index in [0.717, 1.165) is 42.2 Å². The van der Waals surface area contributed by atoms with E-state index in [4.69, 9.17) is 4.74 Å². The van der Waals surface area contributed by atoms with Gasteiger partial charge in [0.05, 0.1) is 18.4 Å². The molecule has 1 aliphatic rings. The average Bonchev–Trinajstić information content (AvgIpc) is 3.22. The highest BCUT2D eigenvalue weighted by atomic mass is 19.4. The standard InChI is InChI=1S/C28H27F3N2O/c1-34-21-8-6-7-20(17-21)27-24(23-10-3-5-12-26(23)32-27)18-33-15-13-19(14-16-33)22-9-2-4-11-25(22)28(29,30)31/h2-12,17,19,32H,13-16,18H2,1H3. The molecule has 0 radical (unpaired) electrons. The van der Waals surface area contributed by atoms with E-state index in [0.29, 0.717) is 18.4 Å². The molecule has 0 spiro atoms. The summed E-state index contributed by atoms with van der Waals surface area (Å²) < 4.78 is 46.0. The van der Waals surface area contributed by atoms with E-state index >= 15 is 0 Å². The molecule has 3 nitrogen and oxygen atoms in total. The second-order valence-electron chi connectivity index (χ2n) is 8.89. The van der Waals surface area contributed by atoms with Gasteiger partial charge in [-0.05, 0) is 67.2 Å². The Balaban J connectivity index is 1.39. The molecule has 0 saturated carbocycles. The van der Waals surface area contributed by atoms with Crippen LogP contribution < -0.4 is 4.74 Å². The van der Waals surface area contributed by atoms with Crippen LogP contribution in [0.25, 0.3) is 22.2 Å². The smallest absolute Gasteiger partial charge is 0.416 e. The van der Waals surface area contributed by atoms with E-state index in [1.54, 1.807) is 19.2 Å². The molecule has 0 atom stereocenters. The number of hydrogen-bond acceptors (Lipinski definition) is 2. The first-order valence-corrected chi connectivity index (χ1v) is 11.6. The van der Waals surface area contributed by atoms with E-state index in [9.17, 15) is 13.2 Å². The Morgan fingerprint density at radius 1 is 0.941 bits per heavy atom. The first kappa shape index (κ1) is 22.5. The van der Waals surface area contributed by atoms with Crippen molar-refractivity contribution in [3.8, 4) is 17.0 Å². The van der Waals surface area contributed by atoms with Gasteiger partial charge in [0.1, 0.15) is 5.75 Å². The van der Waals surface area contributed by atoms with Crippen LogP contribution in [-0.4, -0.2) is 30.1 Å². The van der Waals surface area contributed by atoms with Crippen LogP contribution in [0, 0.1) is 0 Å². The second kappa shape index (κ2) is 9.18. The van der Waals surface area contributed by atoms with E-state index in [1.807, 2.05) is 30.3 Å². The van der Waals surface area contributed by atoms with E-state index in [2.05, 4.69) is 28.1 Å². The van der Waals surface area contributed by atoms with Gasteiger partial charge in [0, 0.05) is 23.0 Å². The number of likely N-dealkylation sites (tertiary alicyclic amines) is 1. The Hall–Kier alpha value is -3.25. The first-order valence-electron chi connectivity index (χ1n) is 11.6. The van der Waals surface area contributed by atoms with Crippen LogP contribution in [-0.2, 0) is 12.7 Å². The largest absolute Gasteiger partial charge is 0.497 e. The van der Waals surface area contributed by atoms with Gasteiger partial charge in [-0.1, -0.05) is 48.5 Å². The van der Waals surface area contributed by atoms with Crippen molar-refractivity contribution in [2.24, 2.45) is 0 Å². The third-order valence-corrected chi connectivity index (χ3v) is 6.85. The Bertz CT molecular complexity index is 1290. The van der Waals surface area contributed by atoms with Gasteiger partial charge in [-0.15, -0.1) is 0 Å². The Labute approximate surface area is 197 Å². The van der Waals surface area contributed by atoms with Gasteiger partial charge in [0.25, 0.3) is 0 Å². The number of halogens is 3. The van der Waals surface area contributed by atoms with Crippen molar-refractivity contribution < 1.29 is 17.9 Å². The SMILES string of the molecule is COc1cccc(-c2[nH]c3ccccc3c2CN2CCC(c3ccccc3C(F)(F)F)CC2)c1. The van der Waals surface area contributed by atoms with E-state index in [-0.39, 0.29) is 5.92 Å². The maximum atomic E-state index is 13.5. The summed E-state index contributed by atoms with van der Waals surface area (Å²) in [5, 5.41) is 1.17. The summed E-state index contributed by atoms with van der Waals surface area (Å²) in [4.78, 5) is 5.93. The number of hydrogen-bond donors (Lipinski definition) is 1. The number of nitrogens with one attached hydrogen (secondary N) is 1. The van der Waals surface area contributed by atoms with Gasteiger partial charge in [-0.3, -0.25) is 4.90 Å². The minimum atomic E-state index is -4.32. The van der Waals surface area contributed by atoms with Crippen LogP contribution >= 0.6 is 0 Å². The fraction of sp³-hybridized carbons (Fsp3) is 0.286. The molecule has 34 heavy (non-hydrogen) atoms. The minimum Gasteiger partial charge on any atom is -0.497 e. The Morgan fingerprint density at radius 3 is 2.44 bits per heavy atom. The molecule has 0 aliphatic carbocycles. The lowest BCUT2D eigenvalue weighted by molar-refractivity contribution is -0.138. The number of rotatable bonds is 5. The van der Waals surface area contributed by atoms with Gasteiger partial charge in [-0.2, -0.15) is 13.2 Å². The number of H-pyrrole nitrogens is 1. The third-order valence-electron chi connectivity index (χ3n) is 6.85. The van der Waals surface area contributed by atoms with Crippen molar-refractivity contribution in [3.05, 3.63) is 89.5 Å². The predicted octanol–water partition coefficient (Wildman–Crippen LogP) is 7.24. The highest BCUT2D eigenvalue weighted by Crippen LogP contribution is 2.39. The highest BCUT2D eigenvalue weighted by molar-refractivity contribution is 5.90. The van der Waals surface area contributed by atoms with Gasteiger partial charge >= 0.3 is 6.18 Å². The topological polar surface area (TPSA) is 28.3 Å². The molecule has 0 bridgehead atoms. The van der Waals surface area contributed by atoms with Crippen molar-refractivity contribution in [1.82, 2.24) is 9.88 Å². The van der Waals surface area contributed by atoms with Gasteiger partial charge in [0.2, 0.25) is 0 Å². The molecule has 1 saturated heterocycles. The molecular formula is C28H27F3N2O. The van der Waals surface area contributed by atoms with Crippen LogP contribution in [0.3, 0.4) is 0 Å². The molecule has 5 rings (SSSR count). The number of ether oxygens (including phenoxy) is 1. The molecule has 1 aromatic heterocycles. The van der Waals surface area contributed by atoms with Crippen molar-refractivity contribution in [2.45, 2.75) is 31.5 Å². The molecule has 176 valence electrons. The summed E-state index contributed by atoms with van der Waals surface area (Å²) in [7, 11) is 1.66. The zero-order valence-electron chi connectivity index (χ0n) is 19.0. The normalized spacial score (nSPS) is 15.6. The molecule has 1 N–H and O–H groups in total. The average molecular weight is 465 g/mol. The van der Waals surface area contributed by atoms with Crippen LogP contribution in [0.4, 0.5) is 13.2 Å². The summed E-state index contributed by atoms with van der Waals surface area (Å²) in [6.07, 6.45) is -2.89. The van der Waals surface area contributed by atoms with Gasteiger partial charge in [-0.25, -0.2) is 0 Å². The predicted molar refractivity (Wildman–Crippen MR) is 129 cm³/mol. The van der Waals surface area contributed by atoms with E-state index < -0.39 is 11.7 Å². The number of aromatic nitrogens is 1. The summed E-state index contributed by atoms with van der Waals surface area (Å²) in [6.45, 7) is 2.26. The highest BCUT2D eigenvalue weighted by Gasteiger charge is 2.35. The molecule has 2 heterocycles. The molecule has 3 aromatic carbocycles. The quantitative estimate of drug-likeness (QED) is 0.337.